The number of hydrogen-bond acceptors (Lipinski definition) is 5. The molecule has 1 N–H and O–H groups in total. The molecule has 0 saturated carbocycles. The molecule has 0 atom stereocenters. The Labute approximate surface area is 145 Å². The highest BCUT2D eigenvalue weighted by Gasteiger charge is 2.22. The number of aromatic nitrogens is 1. The molecule has 126 valence electrons. The van der Waals surface area contributed by atoms with E-state index < -0.39 is 10.0 Å². The minimum absolute atomic E-state index is 0.262. The van der Waals surface area contributed by atoms with Crippen molar-refractivity contribution in [2.45, 2.75) is 32.6 Å². The third-order valence-electron chi connectivity index (χ3n) is 3.67. The van der Waals surface area contributed by atoms with E-state index in [1.807, 2.05) is 39.0 Å². The quantitative estimate of drug-likeness (QED) is 0.745. The van der Waals surface area contributed by atoms with Crippen molar-refractivity contribution in [3.8, 4) is 10.6 Å². The summed E-state index contributed by atoms with van der Waals surface area (Å²) in [7, 11) is -3.67. The number of anilines is 1. The van der Waals surface area contributed by atoms with Gasteiger partial charge in [-0.2, -0.15) is 0 Å². The molecule has 0 radical (unpaired) electrons. The second kappa shape index (κ2) is 6.07. The fourth-order valence-electron chi connectivity index (χ4n) is 2.38. The first-order valence-electron chi connectivity index (χ1n) is 7.40. The summed E-state index contributed by atoms with van der Waals surface area (Å²) in [4.78, 5) is 1.71. The van der Waals surface area contributed by atoms with Crippen molar-refractivity contribution in [3.05, 3.63) is 52.0 Å². The molecular formula is C17H18N2O3S2. The second-order valence-corrected chi connectivity index (χ2v) is 8.69. The summed E-state index contributed by atoms with van der Waals surface area (Å²) >= 11 is 1.37. The van der Waals surface area contributed by atoms with Gasteiger partial charge >= 0.3 is 0 Å². The Morgan fingerprint density at radius 3 is 2.50 bits per heavy atom. The van der Waals surface area contributed by atoms with Gasteiger partial charge in [0, 0.05) is 10.9 Å². The number of benzene rings is 1. The molecule has 5 nitrogen and oxygen atoms in total. The van der Waals surface area contributed by atoms with Gasteiger partial charge in [-0.1, -0.05) is 17.3 Å². The van der Waals surface area contributed by atoms with Crippen molar-refractivity contribution < 1.29 is 12.9 Å². The molecule has 3 rings (SSSR count). The van der Waals surface area contributed by atoms with E-state index in [2.05, 4.69) is 9.88 Å². The van der Waals surface area contributed by atoms with E-state index in [1.54, 1.807) is 19.1 Å². The lowest BCUT2D eigenvalue weighted by Gasteiger charge is -2.11. The molecule has 0 aliphatic carbocycles. The van der Waals surface area contributed by atoms with Crippen LogP contribution in [0.1, 0.15) is 21.7 Å². The van der Waals surface area contributed by atoms with Gasteiger partial charge in [0.25, 0.3) is 10.0 Å². The van der Waals surface area contributed by atoms with Crippen LogP contribution in [-0.4, -0.2) is 13.6 Å². The largest absolute Gasteiger partial charge is 0.355 e. The zero-order valence-electron chi connectivity index (χ0n) is 13.9. The minimum Gasteiger partial charge on any atom is -0.355 e. The van der Waals surface area contributed by atoms with Gasteiger partial charge in [0.2, 0.25) is 0 Å². The number of rotatable bonds is 4. The Bertz CT molecular complexity index is 1000. The summed E-state index contributed by atoms with van der Waals surface area (Å²) in [6.07, 6.45) is 0. The summed E-state index contributed by atoms with van der Waals surface area (Å²) in [5.41, 5.74) is 3.23. The number of sulfonamides is 1. The van der Waals surface area contributed by atoms with Crippen molar-refractivity contribution in [3.63, 3.8) is 0 Å². The molecule has 0 aliphatic rings. The first-order chi connectivity index (χ1) is 11.3. The normalized spacial score (nSPS) is 11.7. The Balaban J connectivity index is 1.98. The molecule has 0 fully saturated rings. The highest BCUT2D eigenvalue weighted by molar-refractivity contribution is 7.93. The molecule has 3 aromatic rings. The fourth-order valence-corrected chi connectivity index (χ4v) is 5.04. The molecule has 1 aromatic carbocycles. The van der Waals surface area contributed by atoms with Gasteiger partial charge in [-0.15, -0.1) is 11.3 Å². The van der Waals surface area contributed by atoms with Gasteiger partial charge in [-0.05, 0) is 51.0 Å². The van der Waals surface area contributed by atoms with E-state index in [0.29, 0.717) is 16.3 Å². The van der Waals surface area contributed by atoms with Gasteiger partial charge in [-0.25, -0.2) is 8.42 Å². The molecular weight excluding hydrogens is 344 g/mol. The maximum atomic E-state index is 12.8. The van der Waals surface area contributed by atoms with Crippen molar-refractivity contribution >= 4 is 27.0 Å². The van der Waals surface area contributed by atoms with Crippen LogP contribution in [0.2, 0.25) is 0 Å². The van der Waals surface area contributed by atoms with Gasteiger partial charge < -0.3 is 4.52 Å². The van der Waals surface area contributed by atoms with Crippen LogP contribution in [0.5, 0.6) is 0 Å². The first-order valence-corrected chi connectivity index (χ1v) is 9.70. The van der Waals surface area contributed by atoms with E-state index in [4.69, 9.17) is 4.52 Å². The number of nitrogens with one attached hydrogen (secondary N) is 1. The molecule has 0 bridgehead atoms. The smallest absolute Gasteiger partial charge is 0.263 e. The van der Waals surface area contributed by atoms with Gasteiger partial charge in [0.1, 0.15) is 4.90 Å². The Morgan fingerprint density at radius 2 is 1.83 bits per heavy atom. The molecule has 0 unspecified atom stereocenters. The molecule has 0 saturated heterocycles. The molecule has 24 heavy (non-hydrogen) atoms. The number of aryl methyl sites for hydroxylation is 4. The lowest BCUT2D eigenvalue weighted by Crippen LogP contribution is -2.14. The second-order valence-electron chi connectivity index (χ2n) is 5.79. The average Bonchev–Trinajstić information content (AvgIpc) is 3.09. The van der Waals surface area contributed by atoms with Crippen LogP contribution in [0, 0.1) is 27.7 Å². The van der Waals surface area contributed by atoms with Crippen molar-refractivity contribution in [1.82, 2.24) is 5.16 Å². The van der Waals surface area contributed by atoms with Crippen LogP contribution in [0.25, 0.3) is 10.6 Å². The van der Waals surface area contributed by atoms with Gasteiger partial charge in [0.15, 0.2) is 5.76 Å². The van der Waals surface area contributed by atoms with Gasteiger partial charge in [0.05, 0.1) is 16.3 Å². The Kier molecular flexibility index (Phi) is 4.23. The standard InChI is InChI=1S/C17H18N2O3S2/c1-10-5-6-11(2)14(7-10)19-24(20,21)17-9-16(23-13(17)4)15-8-12(3)18-22-15/h5-9,19H,1-4H3. The third-order valence-corrected chi connectivity index (χ3v) is 6.36. The predicted octanol–water partition coefficient (Wildman–Crippen LogP) is 4.44. The van der Waals surface area contributed by atoms with Crippen molar-refractivity contribution in [1.29, 1.82) is 0 Å². The van der Waals surface area contributed by atoms with Crippen LogP contribution < -0.4 is 4.72 Å². The molecule has 0 spiro atoms. The van der Waals surface area contributed by atoms with Crippen LogP contribution in [0.4, 0.5) is 5.69 Å². The van der Waals surface area contributed by atoms with Crippen molar-refractivity contribution in [2.75, 3.05) is 4.72 Å². The SMILES string of the molecule is Cc1ccc(C)c(NS(=O)(=O)c2cc(-c3cc(C)no3)sc2C)c1. The summed E-state index contributed by atoms with van der Waals surface area (Å²) < 4.78 is 33.5. The highest BCUT2D eigenvalue weighted by Crippen LogP contribution is 2.34. The maximum Gasteiger partial charge on any atom is 0.263 e. The summed E-state index contributed by atoms with van der Waals surface area (Å²) in [5.74, 6) is 0.578. The van der Waals surface area contributed by atoms with E-state index in [-0.39, 0.29) is 4.90 Å². The summed E-state index contributed by atoms with van der Waals surface area (Å²) in [5, 5.41) is 3.85. The number of nitrogens with zero attached hydrogens (tertiary/aromatic N) is 1. The lowest BCUT2D eigenvalue weighted by atomic mass is 10.1. The number of thiophene rings is 1. The van der Waals surface area contributed by atoms with Gasteiger partial charge in [-0.3, -0.25) is 4.72 Å². The van der Waals surface area contributed by atoms with E-state index in [9.17, 15) is 8.42 Å². The van der Waals surface area contributed by atoms with E-state index >= 15 is 0 Å². The predicted molar refractivity (Wildman–Crippen MR) is 96.0 cm³/mol. The van der Waals surface area contributed by atoms with Crippen LogP contribution in [-0.2, 0) is 10.0 Å². The summed E-state index contributed by atoms with van der Waals surface area (Å²) in [6.45, 7) is 7.42. The Hall–Kier alpha value is -2.12. The van der Waals surface area contributed by atoms with Crippen LogP contribution >= 0.6 is 11.3 Å². The minimum atomic E-state index is -3.67. The molecule has 2 aromatic heterocycles. The third kappa shape index (κ3) is 3.22. The zero-order valence-corrected chi connectivity index (χ0v) is 15.5. The number of hydrogen-bond donors (Lipinski definition) is 1. The fraction of sp³-hybridized carbons (Fsp3) is 0.235. The summed E-state index contributed by atoms with van der Waals surface area (Å²) in [6, 6.07) is 9.10. The van der Waals surface area contributed by atoms with E-state index in [1.165, 1.54) is 11.3 Å². The highest BCUT2D eigenvalue weighted by atomic mass is 32.2. The molecule has 0 aliphatic heterocycles. The van der Waals surface area contributed by atoms with Crippen LogP contribution in [0.15, 0.2) is 39.8 Å². The maximum absolute atomic E-state index is 12.8. The topological polar surface area (TPSA) is 72.2 Å². The average molecular weight is 362 g/mol. The molecule has 2 heterocycles. The monoisotopic (exact) mass is 362 g/mol. The first kappa shape index (κ1) is 16.7. The lowest BCUT2D eigenvalue weighted by molar-refractivity contribution is 0.428. The molecule has 7 heteroatoms. The zero-order chi connectivity index (χ0) is 17.5. The van der Waals surface area contributed by atoms with Crippen molar-refractivity contribution in [2.24, 2.45) is 0 Å². The van der Waals surface area contributed by atoms with Crippen LogP contribution in [0.3, 0.4) is 0 Å². The Morgan fingerprint density at radius 1 is 1.08 bits per heavy atom. The van der Waals surface area contributed by atoms with E-state index in [0.717, 1.165) is 21.7 Å². The molecule has 0 amide bonds.